The Morgan fingerprint density at radius 2 is 2.06 bits per heavy atom. The van der Waals surface area contributed by atoms with Crippen molar-refractivity contribution in [2.45, 2.75) is 39.2 Å². The first-order valence-corrected chi connectivity index (χ1v) is 7.86. The Hall–Kier alpha value is -0.680. The summed E-state index contributed by atoms with van der Waals surface area (Å²) >= 11 is 7.56. The molecule has 0 bridgehead atoms. The molecule has 1 rings (SSSR count). The summed E-state index contributed by atoms with van der Waals surface area (Å²) in [5.74, 6) is 0.743. The molecule has 102 valence electrons. The second-order valence-electron chi connectivity index (χ2n) is 4.17. The Morgan fingerprint density at radius 1 is 1.39 bits per heavy atom. The monoisotopic (exact) mass is 290 g/mol. The van der Waals surface area contributed by atoms with Crippen LogP contribution < -0.4 is 11.2 Å². The molecule has 0 spiro atoms. The first-order valence-electron chi connectivity index (χ1n) is 6.08. The molecule has 4 nitrogen and oxygen atoms in total. The normalized spacial score (nSPS) is 12.7. The van der Waals surface area contributed by atoms with E-state index in [9.17, 15) is 9.59 Å². The Morgan fingerprint density at radius 3 is 2.56 bits per heavy atom. The zero-order chi connectivity index (χ0) is 13.7. The van der Waals surface area contributed by atoms with Gasteiger partial charge in [0.1, 0.15) is 5.15 Å². The Bertz CT molecular complexity index is 510. The highest BCUT2D eigenvalue weighted by molar-refractivity contribution is 7.98. The second-order valence-corrected chi connectivity index (χ2v) is 5.45. The summed E-state index contributed by atoms with van der Waals surface area (Å²) in [7, 11) is 0. The van der Waals surface area contributed by atoms with E-state index in [2.05, 4.69) is 4.98 Å². The van der Waals surface area contributed by atoms with Gasteiger partial charge in [-0.2, -0.15) is 11.8 Å². The van der Waals surface area contributed by atoms with Crippen molar-refractivity contribution in [1.29, 1.82) is 0 Å². The molecular weight excluding hydrogens is 272 g/mol. The third-order valence-corrected chi connectivity index (χ3v) is 3.91. The Kier molecular flexibility index (Phi) is 6.02. The van der Waals surface area contributed by atoms with Gasteiger partial charge in [-0.25, -0.2) is 4.79 Å². The number of halogens is 1. The van der Waals surface area contributed by atoms with Gasteiger partial charge in [-0.3, -0.25) is 14.3 Å². The van der Waals surface area contributed by atoms with Gasteiger partial charge < -0.3 is 0 Å². The van der Waals surface area contributed by atoms with Crippen LogP contribution in [0.5, 0.6) is 0 Å². The summed E-state index contributed by atoms with van der Waals surface area (Å²) in [6.45, 7) is 3.95. The van der Waals surface area contributed by atoms with Crippen molar-refractivity contribution in [3.63, 3.8) is 0 Å². The van der Waals surface area contributed by atoms with E-state index in [0.29, 0.717) is 12.0 Å². The predicted molar refractivity (Wildman–Crippen MR) is 78.0 cm³/mol. The molecule has 1 heterocycles. The van der Waals surface area contributed by atoms with E-state index in [1.165, 1.54) is 4.57 Å². The minimum Gasteiger partial charge on any atom is -0.297 e. The predicted octanol–water partition coefficient (Wildman–Crippen LogP) is 2.46. The molecule has 1 aromatic heterocycles. The molecule has 1 unspecified atom stereocenters. The molecule has 0 fully saturated rings. The molecule has 18 heavy (non-hydrogen) atoms. The van der Waals surface area contributed by atoms with E-state index in [-0.39, 0.29) is 16.8 Å². The zero-order valence-electron chi connectivity index (χ0n) is 11.0. The molecule has 0 aliphatic heterocycles. The summed E-state index contributed by atoms with van der Waals surface area (Å²) in [6, 6.07) is -0.0795. The van der Waals surface area contributed by atoms with Gasteiger partial charge in [0, 0.05) is 5.75 Å². The van der Waals surface area contributed by atoms with Crippen LogP contribution in [0.25, 0.3) is 0 Å². The van der Waals surface area contributed by atoms with Gasteiger partial charge in [-0.15, -0.1) is 0 Å². The number of nitrogens with one attached hydrogen (secondary N) is 1. The molecule has 0 radical (unpaired) electrons. The topological polar surface area (TPSA) is 54.9 Å². The number of H-pyrrole nitrogens is 1. The molecule has 0 aromatic carbocycles. The lowest BCUT2D eigenvalue weighted by molar-refractivity contribution is 0.493. The fourth-order valence-corrected chi connectivity index (χ4v) is 2.95. The van der Waals surface area contributed by atoms with Gasteiger partial charge in [0.05, 0.1) is 11.6 Å². The highest BCUT2D eigenvalue weighted by atomic mass is 35.5. The lowest BCUT2D eigenvalue weighted by Crippen LogP contribution is -2.40. The average Bonchev–Trinajstić information content (AvgIpc) is 2.33. The van der Waals surface area contributed by atoms with Crippen molar-refractivity contribution in [3.05, 3.63) is 31.6 Å². The fourth-order valence-electron chi connectivity index (χ4n) is 1.93. The standard InChI is InChI=1S/C12H19ClN2O2S/c1-4-6-9-10(13)14-12(17)15(11(9)16)8(5-2)7-18-3/h8H,4-7H2,1-3H3,(H,14,17). The number of rotatable bonds is 6. The highest BCUT2D eigenvalue weighted by Crippen LogP contribution is 2.14. The molecule has 6 heteroatoms. The third-order valence-electron chi connectivity index (χ3n) is 2.87. The van der Waals surface area contributed by atoms with E-state index in [1.807, 2.05) is 20.1 Å². The average molecular weight is 291 g/mol. The number of aromatic amines is 1. The van der Waals surface area contributed by atoms with E-state index in [1.54, 1.807) is 11.8 Å². The lowest BCUT2D eigenvalue weighted by Gasteiger charge is -2.17. The number of nitrogens with zero attached hydrogens (tertiary/aromatic N) is 1. The van der Waals surface area contributed by atoms with E-state index in [0.717, 1.165) is 18.6 Å². The van der Waals surface area contributed by atoms with Gasteiger partial charge in [0.25, 0.3) is 5.56 Å². The Balaban J connectivity index is 3.39. The molecule has 1 atom stereocenters. The number of hydrogen-bond donors (Lipinski definition) is 1. The Labute approximate surface area is 116 Å². The smallest absolute Gasteiger partial charge is 0.297 e. The summed E-state index contributed by atoms with van der Waals surface area (Å²) in [6.07, 6.45) is 4.12. The van der Waals surface area contributed by atoms with Crippen LogP contribution in [0, 0.1) is 0 Å². The zero-order valence-corrected chi connectivity index (χ0v) is 12.5. The molecule has 0 saturated heterocycles. The maximum atomic E-state index is 12.3. The number of thioether (sulfide) groups is 1. The van der Waals surface area contributed by atoms with Crippen LogP contribution >= 0.6 is 23.4 Å². The molecular formula is C12H19ClN2O2S. The summed E-state index contributed by atoms with van der Waals surface area (Å²) in [5, 5.41) is 0.183. The van der Waals surface area contributed by atoms with Crippen molar-refractivity contribution in [3.8, 4) is 0 Å². The molecule has 0 aliphatic carbocycles. The first-order chi connectivity index (χ1) is 8.56. The molecule has 0 aliphatic rings. The number of aromatic nitrogens is 2. The van der Waals surface area contributed by atoms with Crippen LogP contribution in [0.4, 0.5) is 0 Å². The maximum absolute atomic E-state index is 12.3. The fraction of sp³-hybridized carbons (Fsp3) is 0.667. The molecule has 0 amide bonds. The third kappa shape index (κ3) is 3.20. The van der Waals surface area contributed by atoms with E-state index < -0.39 is 5.69 Å². The van der Waals surface area contributed by atoms with Crippen molar-refractivity contribution < 1.29 is 0 Å². The summed E-state index contributed by atoms with van der Waals surface area (Å²) in [4.78, 5) is 26.8. The van der Waals surface area contributed by atoms with Crippen molar-refractivity contribution in [2.75, 3.05) is 12.0 Å². The van der Waals surface area contributed by atoms with Crippen LogP contribution in [0.2, 0.25) is 5.15 Å². The lowest BCUT2D eigenvalue weighted by atomic mass is 10.2. The van der Waals surface area contributed by atoms with Gasteiger partial charge in [-0.05, 0) is 19.1 Å². The molecule has 1 N–H and O–H groups in total. The van der Waals surface area contributed by atoms with E-state index in [4.69, 9.17) is 11.6 Å². The first kappa shape index (κ1) is 15.4. The van der Waals surface area contributed by atoms with Gasteiger partial charge in [0.15, 0.2) is 0 Å². The van der Waals surface area contributed by atoms with Crippen molar-refractivity contribution in [1.82, 2.24) is 9.55 Å². The minimum atomic E-state index is -0.411. The van der Waals surface area contributed by atoms with Crippen molar-refractivity contribution in [2.24, 2.45) is 0 Å². The van der Waals surface area contributed by atoms with Crippen LogP contribution in [0.1, 0.15) is 38.3 Å². The molecule has 1 aromatic rings. The van der Waals surface area contributed by atoms with Gasteiger partial charge in [-0.1, -0.05) is 31.9 Å². The maximum Gasteiger partial charge on any atom is 0.329 e. The second kappa shape index (κ2) is 7.04. The quantitative estimate of drug-likeness (QED) is 0.819. The van der Waals surface area contributed by atoms with Gasteiger partial charge in [0.2, 0.25) is 0 Å². The largest absolute Gasteiger partial charge is 0.329 e. The van der Waals surface area contributed by atoms with Crippen LogP contribution in [-0.4, -0.2) is 21.6 Å². The molecule has 0 saturated carbocycles. The summed E-state index contributed by atoms with van der Waals surface area (Å²) < 4.78 is 1.31. The van der Waals surface area contributed by atoms with Crippen LogP contribution in [0.15, 0.2) is 9.59 Å². The summed E-state index contributed by atoms with van der Waals surface area (Å²) in [5.41, 5.74) is -0.143. The SMILES string of the molecule is CCCc1c(Cl)[nH]c(=O)n(C(CC)CSC)c1=O. The van der Waals surface area contributed by atoms with Gasteiger partial charge >= 0.3 is 5.69 Å². The van der Waals surface area contributed by atoms with Crippen LogP contribution in [-0.2, 0) is 6.42 Å². The highest BCUT2D eigenvalue weighted by Gasteiger charge is 2.17. The van der Waals surface area contributed by atoms with E-state index >= 15 is 0 Å². The van der Waals surface area contributed by atoms with Crippen molar-refractivity contribution >= 4 is 23.4 Å². The number of hydrogen-bond acceptors (Lipinski definition) is 3. The minimum absolute atomic E-state index is 0.0795. The van der Waals surface area contributed by atoms with Crippen LogP contribution in [0.3, 0.4) is 0 Å².